The number of aromatic nitrogens is 3. The normalized spacial score (nSPS) is 15.9. The number of fused-ring (bicyclic) bond motifs is 1. The first kappa shape index (κ1) is 16.5. The van der Waals surface area contributed by atoms with Crippen molar-refractivity contribution in [2.75, 3.05) is 7.11 Å². The van der Waals surface area contributed by atoms with Crippen LogP contribution in [-0.4, -0.2) is 38.7 Å². The maximum atomic E-state index is 12.8. The quantitative estimate of drug-likeness (QED) is 0.663. The molecule has 0 radical (unpaired) electrons. The van der Waals surface area contributed by atoms with Gasteiger partial charge in [0.1, 0.15) is 11.0 Å². The molecule has 0 saturated carbocycles. The summed E-state index contributed by atoms with van der Waals surface area (Å²) in [5.41, 5.74) is 2.28. The first-order valence-corrected chi connectivity index (χ1v) is 8.96. The summed E-state index contributed by atoms with van der Waals surface area (Å²) in [6.07, 6.45) is 0. The van der Waals surface area contributed by atoms with Crippen molar-refractivity contribution in [2.45, 2.75) is 17.3 Å². The number of thioether (sulfide) groups is 1. The van der Waals surface area contributed by atoms with Gasteiger partial charge < -0.3 is 4.74 Å². The summed E-state index contributed by atoms with van der Waals surface area (Å²) in [6, 6.07) is 16.8. The molecular weight excluding hydrogens is 348 g/mol. The van der Waals surface area contributed by atoms with Crippen LogP contribution in [-0.2, 0) is 0 Å². The van der Waals surface area contributed by atoms with E-state index in [-0.39, 0.29) is 5.78 Å². The molecule has 0 spiro atoms. The summed E-state index contributed by atoms with van der Waals surface area (Å²) in [5.74, 6) is 1.44. The highest BCUT2D eigenvalue weighted by atomic mass is 32.2. The molecule has 0 aliphatic carbocycles. The largest absolute Gasteiger partial charge is 0.497 e. The monoisotopic (exact) mass is 364 g/mol. The lowest BCUT2D eigenvalue weighted by Gasteiger charge is -2.19. The highest BCUT2D eigenvalue weighted by molar-refractivity contribution is 8.01. The third kappa shape index (κ3) is 2.90. The number of benzene rings is 2. The average Bonchev–Trinajstić information content (AvgIpc) is 3.10. The fraction of sp³-hybridized carbons (Fsp3) is 0.158. The number of nitrogens with zero attached hydrogens (tertiary/aromatic N) is 4. The van der Waals surface area contributed by atoms with Gasteiger partial charge in [0.05, 0.1) is 12.8 Å². The Morgan fingerprint density at radius 2 is 1.81 bits per heavy atom. The van der Waals surface area contributed by atoms with Crippen molar-refractivity contribution in [1.29, 1.82) is 0 Å². The van der Waals surface area contributed by atoms with Crippen LogP contribution in [0, 0.1) is 0 Å². The first-order chi connectivity index (χ1) is 12.7. The zero-order chi connectivity index (χ0) is 18.1. The van der Waals surface area contributed by atoms with Crippen LogP contribution in [0.3, 0.4) is 0 Å². The van der Waals surface area contributed by atoms with Gasteiger partial charge in [0.25, 0.3) is 0 Å². The van der Waals surface area contributed by atoms with Crippen LogP contribution in [0.2, 0.25) is 0 Å². The molecule has 26 heavy (non-hydrogen) atoms. The van der Waals surface area contributed by atoms with E-state index in [1.807, 2.05) is 61.5 Å². The Morgan fingerprint density at radius 1 is 1.08 bits per heavy atom. The molecule has 1 aliphatic rings. The molecule has 0 fully saturated rings. The lowest BCUT2D eigenvalue weighted by atomic mass is 10.1. The lowest BCUT2D eigenvalue weighted by molar-refractivity contribution is 0.100. The molecule has 0 N–H and O–H groups in total. The van der Waals surface area contributed by atoms with E-state index in [0.29, 0.717) is 16.5 Å². The number of rotatable bonds is 4. The molecule has 3 aromatic rings. The Balaban J connectivity index is 1.66. The van der Waals surface area contributed by atoms with Gasteiger partial charge in [-0.3, -0.25) is 4.79 Å². The fourth-order valence-electron chi connectivity index (χ4n) is 2.75. The lowest BCUT2D eigenvalue weighted by Crippen LogP contribution is -2.29. The van der Waals surface area contributed by atoms with Crippen molar-refractivity contribution < 1.29 is 9.53 Å². The van der Waals surface area contributed by atoms with Gasteiger partial charge in [-0.25, -0.2) is 0 Å². The number of hydrogen-bond acceptors (Lipinski definition) is 6. The van der Waals surface area contributed by atoms with Gasteiger partial charge in [-0.05, 0) is 31.2 Å². The topological polar surface area (TPSA) is 69.4 Å². The van der Waals surface area contributed by atoms with E-state index < -0.39 is 5.25 Å². The highest BCUT2D eigenvalue weighted by Crippen LogP contribution is 2.33. The second kappa shape index (κ2) is 6.76. The van der Waals surface area contributed by atoms with Gasteiger partial charge in [-0.2, -0.15) is 9.78 Å². The maximum absolute atomic E-state index is 12.8. The van der Waals surface area contributed by atoms with Crippen LogP contribution in [0.15, 0.2) is 64.9 Å². The molecule has 1 unspecified atom stereocenters. The van der Waals surface area contributed by atoms with E-state index in [0.717, 1.165) is 17.0 Å². The van der Waals surface area contributed by atoms with E-state index in [4.69, 9.17) is 4.74 Å². The number of ether oxygens (including phenoxy) is 1. The van der Waals surface area contributed by atoms with Crippen LogP contribution in [0.4, 0.5) is 0 Å². The molecule has 4 rings (SSSR count). The van der Waals surface area contributed by atoms with E-state index >= 15 is 0 Å². The van der Waals surface area contributed by atoms with Crippen LogP contribution in [0.1, 0.15) is 17.3 Å². The molecule has 2 aromatic carbocycles. The molecule has 0 amide bonds. The predicted molar refractivity (Wildman–Crippen MR) is 101 cm³/mol. The summed E-state index contributed by atoms with van der Waals surface area (Å²) in [4.78, 5) is 12.8. The minimum absolute atomic E-state index is 0.0251. The molecular formula is C19H16N4O2S. The molecule has 1 aliphatic heterocycles. The van der Waals surface area contributed by atoms with Crippen molar-refractivity contribution in [3.05, 3.63) is 60.2 Å². The van der Waals surface area contributed by atoms with Gasteiger partial charge >= 0.3 is 0 Å². The third-order valence-corrected chi connectivity index (χ3v) is 5.37. The van der Waals surface area contributed by atoms with Gasteiger partial charge in [-0.1, -0.05) is 42.1 Å². The number of hydrogen-bond donors (Lipinski definition) is 0. The molecule has 0 saturated heterocycles. The number of methoxy groups -OCH3 is 1. The minimum Gasteiger partial charge on any atom is -0.497 e. The Labute approximate surface area is 154 Å². The molecule has 2 heterocycles. The molecule has 6 nitrogen and oxygen atoms in total. The van der Waals surface area contributed by atoms with Crippen LogP contribution in [0.5, 0.6) is 5.75 Å². The number of carbonyl (C=O) groups is 1. The summed E-state index contributed by atoms with van der Waals surface area (Å²) in [6.45, 7) is 1.86. The number of carbonyl (C=O) groups excluding carboxylic acids is 1. The zero-order valence-corrected chi connectivity index (χ0v) is 15.1. The molecule has 0 bridgehead atoms. The standard InChI is InChI=1S/C19H16N4O2S/c1-12-17(16(24)13-6-4-3-5-7-13)26-19-21-20-18(23(19)22-12)14-8-10-15(25-2)11-9-14/h3-11,17H,1-2H3. The van der Waals surface area contributed by atoms with E-state index in [9.17, 15) is 4.79 Å². The second-order valence-corrected chi connectivity index (χ2v) is 6.89. The number of ketones is 1. The van der Waals surface area contributed by atoms with E-state index in [1.54, 1.807) is 11.8 Å². The van der Waals surface area contributed by atoms with Gasteiger partial charge in [0.15, 0.2) is 11.6 Å². The molecule has 130 valence electrons. The van der Waals surface area contributed by atoms with Gasteiger partial charge in [0.2, 0.25) is 5.16 Å². The fourth-order valence-corrected chi connectivity index (χ4v) is 3.73. The SMILES string of the molecule is COc1ccc(-c2nnc3n2N=C(C)C(C(=O)c2ccccc2)S3)cc1. The van der Waals surface area contributed by atoms with E-state index in [1.165, 1.54) is 11.8 Å². The third-order valence-electron chi connectivity index (χ3n) is 4.12. The van der Waals surface area contributed by atoms with Crippen molar-refractivity contribution in [2.24, 2.45) is 5.10 Å². The van der Waals surface area contributed by atoms with E-state index in [2.05, 4.69) is 15.3 Å². The Kier molecular flexibility index (Phi) is 4.30. The first-order valence-electron chi connectivity index (χ1n) is 8.08. The Bertz CT molecular complexity index is 981. The zero-order valence-electron chi connectivity index (χ0n) is 14.3. The predicted octanol–water partition coefficient (Wildman–Crippen LogP) is 3.53. The smallest absolute Gasteiger partial charge is 0.213 e. The Hall–Kier alpha value is -2.93. The number of Topliss-reactive ketones (excluding diaryl/α,β-unsaturated/α-hetero) is 1. The Morgan fingerprint density at radius 3 is 2.50 bits per heavy atom. The van der Waals surface area contributed by atoms with Crippen molar-refractivity contribution in [3.63, 3.8) is 0 Å². The van der Waals surface area contributed by atoms with Crippen molar-refractivity contribution in [3.8, 4) is 17.1 Å². The summed E-state index contributed by atoms with van der Waals surface area (Å²) in [5, 5.41) is 13.3. The van der Waals surface area contributed by atoms with Crippen LogP contribution < -0.4 is 4.74 Å². The summed E-state index contributed by atoms with van der Waals surface area (Å²) in [7, 11) is 1.63. The summed E-state index contributed by atoms with van der Waals surface area (Å²) >= 11 is 1.38. The molecule has 1 aromatic heterocycles. The highest BCUT2D eigenvalue weighted by Gasteiger charge is 2.31. The molecule has 1 atom stereocenters. The average molecular weight is 364 g/mol. The summed E-state index contributed by atoms with van der Waals surface area (Å²) < 4.78 is 6.88. The minimum atomic E-state index is -0.391. The maximum Gasteiger partial charge on any atom is 0.213 e. The van der Waals surface area contributed by atoms with Crippen LogP contribution >= 0.6 is 11.8 Å². The van der Waals surface area contributed by atoms with Gasteiger partial charge in [-0.15, -0.1) is 10.2 Å². The molecule has 7 heteroatoms. The van der Waals surface area contributed by atoms with Gasteiger partial charge in [0, 0.05) is 11.1 Å². The second-order valence-electron chi connectivity index (χ2n) is 5.82. The van der Waals surface area contributed by atoms with Crippen molar-refractivity contribution >= 4 is 23.3 Å². The van der Waals surface area contributed by atoms with Crippen molar-refractivity contribution in [1.82, 2.24) is 14.9 Å². The van der Waals surface area contributed by atoms with Crippen LogP contribution in [0.25, 0.3) is 11.4 Å².